The van der Waals surface area contributed by atoms with Crippen LogP contribution in [-0.2, 0) is 14.4 Å². The minimum absolute atomic E-state index is 0.0321. The van der Waals surface area contributed by atoms with Crippen LogP contribution >= 0.6 is 34.9 Å². The molecule has 3 atom stereocenters. The van der Waals surface area contributed by atoms with E-state index in [1.54, 1.807) is 5.51 Å². The van der Waals surface area contributed by atoms with E-state index in [9.17, 15) is 29.5 Å². The number of nitrogens with zero attached hydrogens (tertiary/aromatic N) is 4. The molecule has 4 rings (SSSR count). The second kappa shape index (κ2) is 9.26. The van der Waals surface area contributed by atoms with Gasteiger partial charge in [-0.25, -0.2) is 4.79 Å². The van der Waals surface area contributed by atoms with Crippen LogP contribution in [-0.4, -0.2) is 66.0 Å². The van der Waals surface area contributed by atoms with Crippen LogP contribution in [0.2, 0.25) is 0 Å². The van der Waals surface area contributed by atoms with Gasteiger partial charge in [0.15, 0.2) is 10.4 Å². The van der Waals surface area contributed by atoms with E-state index >= 15 is 0 Å². The van der Waals surface area contributed by atoms with Gasteiger partial charge in [0, 0.05) is 11.5 Å². The van der Waals surface area contributed by atoms with Gasteiger partial charge in [-0.1, -0.05) is 40.4 Å². The fourth-order valence-corrected chi connectivity index (χ4v) is 6.29. The number of rotatable bonds is 8. The van der Waals surface area contributed by atoms with Crippen LogP contribution < -0.4 is 5.32 Å². The Labute approximate surface area is 193 Å². The summed E-state index contributed by atoms with van der Waals surface area (Å²) in [5.74, 6) is -1.89. The van der Waals surface area contributed by atoms with Crippen LogP contribution in [0, 0.1) is 4.91 Å². The van der Waals surface area contributed by atoms with Crippen molar-refractivity contribution in [1.82, 2.24) is 20.4 Å². The molecule has 32 heavy (non-hydrogen) atoms. The molecular formula is C18H15N5O6S3. The fraction of sp³-hybridized carbons (Fsp3) is 0.278. The average molecular weight is 494 g/mol. The zero-order valence-electron chi connectivity index (χ0n) is 16.1. The molecule has 1 saturated heterocycles. The fourth-order valence-electron chi connectivity index (χ4n) is 3.32. The summed E-state index contributed by atoms with van der Waals surface area (Å²) in [4.78, 5) is 49.7. The lowest BCUT2D eigenvalue weighted by atomic mass is 10.0. The summed E-state index contributed by atoms with van der Waals surface area (Å²) in [6.45, 7) is 0. The van der Waals surface area contributed by atoms with Gasteiger partial charge in [-0.05, 0) is 23.3 Å². The van der Waals surface area contributed by atoms with Gasteiger partial charge in [-0.2, -0.15) is 0 Å². The summed E-state index contributed by atoms with van der Waals surface area (Å²) in [5.41, 5.74) is 2.32. The van der Waals surface area contributed by atoms with Gasteiger partial charge in [-0.15, -0.1) is 26.9 Å². The number of nitrogens with one attached hydrogen (secondary N) is 1. The number of aromatic hydroxyl groups is 1. The van der Waals surface area contributed by atoms with E-state index in [0.717, 1.165) is 0 Å². The van der Waals surface area contributed by atoms with Crippen molar-refractivity contribution in [3.8, 4) is 5.75 Å². The smallest absolute Gasteiger partial charge is 0.352 e. The number of aromatic nitrogens is 2. The Bertz CT molecular complexity index is 1090. The number of β-lactam (4-membered cyclic amide) rings is 1. The molecule has 11 nitrogen and oxygen atoms in total. The largest absolute Gasteiger partial charge is 0.508 e. The minimum atomic E-state index is -1.40. The van der Waals surface area contributed by atoms with Crippen LogP contribution in [0.5, 0.6) is 5.75 Å². The number of carboxylic acids is 1. The predicted octanol–water partition coefficient (Wildman–Crippen LogP) is 1.58. The summed E-state index contributed by atoms with van der Waals surface area (Å²) in [6.07, 6.45) is 0. The maximum atomic E-state index is 12.7. The number of thioether (sulfide) groups is 2. The Kier molecular flexibility index (Phi) is 6.43. The third-order valence-electron chi connectivity index (χ3n) is 4.82. The molecule has 1 aromatic heterocycles. The number of aliphatic carboxylic acids is 1. The molecule has 2 amide bonds. The monoisotopic (exact) mass is 493 g/mol. The second-order valence-corrected chi connectivity index (χ2v) is 9.91. The van der Waals surface area contributed by atoms with Gasteiger partial charge in [0.05, 0.1) is 0 Å². The third-order valence-corrected chi connectivity index (χ3v) is 8.11. The van der Waals surface area contributed by atoms with Crippen molar-refractivity contribution in [3.63, 3.8) is 0 Å². The van der Waals surface area contributed by atoms with Crippen molar-refractivity contribution in [1.29, 1.82) is 0 Å². The Morgan fingerprint density at radius 3 is 2.72 bits per heavy atom. The molecule has 166 valence electrons. The number of nitroso groups, excluding NO2 is 1. The quantitative estimate of drug-likeness (QED) is 0.280. The molecule has 2 aliphatic rings. The molecule has 14 heteroatoms. The zero-order chi connectivity index (χ0) is 22.8. The van der Waals surface area contributed by atoms with E-state index in [0.29, 0.717) is 21.4 Å². The van der Waals surface area contributed by atoms with Gasteiger partial charge in [-0.3, -0.25) is 14.5 Å². The topological polar surface area (TPSA) is 162 Å². The molecule has 1 fully saturated rings. The first-order chi connectivity index (χ1) is 15.4. The van der Waals surface area contributed by atoms with Crippen molar-refractivity contribution < 1.29 is 24.6 Å². The first-order valence-corrected chi connectivity index (χ1v) is 12.0. The number of hydrogen-bond donors (Lipinski definition) is 3. The second-order valence-electron chi connectivity index (χ2n) is 6.75. The van der Waals surface area contributed by atoms with E-state index in [1.165, 1.54) is 64.0 Å². The number of hydrogen-bond acceptors (Lipinski definition) is 11. The maximum Gasteiger partial charge on any atom is 0.352 e. The van der Waals surface area contributed by atoms with Crippen molar-refractivity contribution in [2.45, 2.75) is 21.8 Å². The molecule has 0 bridgehead atoms. The molecule has 3 heterocycles. The summed E-state index contributed by atoms with van der Waals surface area (Å²) < 4.78 is 0.691. The number of phenolic OH excluding ortho intramolecular Hbond substituents is 1. The van der Waals surface area contributed by atoms with Gasteiger partial charge in [0.25, 0.3) is 11.8 Å². The highest BCUT2D eigenvalue weighted by Gasteiger charge is 2.54. The van der Waals surface area contributed by atoms with Crippen molar-refractivity contribution in [3.05, 3.63) is 51.5 Å². The SMILES string of the molecule is O=NC(C(=O)NC1C(=O)N2C(C(=O)O)=C(CSc3nncs3)CS[C@@H]12)c1ccc(O)cc1. The van der Waals surface area contributed by atoms with E-state index in [2.05, 4.69) is 20.7 Å². The Morgan fingerprint density at radius 1 is 1.34 bits per heavy atom. The van der Waals surface area contributed by atoms with Crippen molar-refractivity contribution in [2.24, 2.45) is 5.18 Å². The molecule has 2 unspecified atom stereocenters. The number of carbonyl (C=O) groups excluding carboxylic acids is 2. The standard InChI is InChI=1S/C18H15N5O6S3/c24-10-3-1-8(2-4-10)11(22-29)14(25)20-12-15(26)23-13(17(27)28)9(5-30-16(12)23)6-31-18-21-19-7-32-18/h1-4,7,11-12,16,24H,5-6H2,(H,20,25)(H,27,28)/t11?,12?,16-/m0/s1. The summed E-state index contributed by atoms with van der Waals surface area (Å²) >= 11 is 4.01. The van der Waals surface area contributed by atoms with Crippen molar-refractivity contribution in [2.75, 3.05) is 11.5 Å². The van der Waals surface area contributed by atoms with Crippen LogP contribution in [0.15, 0.2) is 50.6 Å². The lowest BCUT2D eigenvalue weighted by molar-refractivity contribution is -0.150. The highest BCUT2D eigenvalue weighted by molar-refractivity contribution is 8.01. The number of carbonyl (C=O) groups is 3. The summed E-state index contributed by atoms with van der Waals surface area (Å²) in [7, 11) is 0. The molecule has 0 radical (unpaired) electrons. The van der Waals surface area contributed by atoms with Crippen LogP contribution in [0.4, 0.5) is 0 Å². The summed E-state index contributed by atoms with van der Waals surface area (Å²) in [5, 5.41) is 31.5. The number of fused-ring (bicyclic) bond motifs is 1. The average Bonchev–Trinajstić information content (AvgIpc) is 3.30. The normalized spacial score (nSPS) is 20.9. The molecule has 1 aromatic carbocycles. The number of carboxylic acid groups (broad SMARTS) is 1. The first kappa shape index (κ1) is 22.2. The predicted molar refractivity (Wildman–Crippen MR) is 117 cm³/mol. The minimum Gasteiger partial charge on any atom is -0.508 e. The lowest BCUT2D eigenvalue weighted by Gasteiger charge is -2.49. The van der Waals surface area contributed by atoms with E-state index in [4.69, 9.17) is 0 Å². The molecular weight excluding hydrogens is 478 g/mol. The third kappa shape index (κ3) is 4.20. The van der Waals surface area contributed by atoms with Crippen LogP contribution in [0.1, 0.15) is 11.6 Å². The van der Waals surface area contributed by atoms with E-state index in [-0.39, 0.29) is 17.0 Å². The molecule has 0 aliphatic carbocycles. The number of phenols is 1. The van der Waals surface area contributed by atoms with Crippen LogP contribution in [0.25, 0.3) is 0 Å². The molecule has 3 N–H and O–H groups in total. The van der Waals surface area contributed by atoms with Gasteiger partial charge < -0.3 is 15.5 Å². The van der Waals surface area contributed by atoms with Gasteiger partial charge >= 0.3 is 5.97 Å². The molecule has 0 saturated carbocycles. The Balaban J connectivity index is 1.47. The number of amides is 2. The van der Waals surface area contributed by atoms with E-state index < -0.39 is 35.2 Å². The summed E-state index contributed by atoms with van der Waals surface area (Å²) in [6, 6.07) is 3.04. The van der Waals surface area contributed by atoms with Crippen LogP contribution in [0.3, 0.4) is 0 Å². The highest BCUT2D eigenvalue weighted by atomic mass is 32.2. The lowest BCUT2D eigenvalue weighted by Crippen LogP contribution is -2.70. The Hall–Kier alpha value is -2.97. The number of benzene rings is 1. The van der Waals surface area contributed by atoms with E-state index in [1.807, 2.05) is 0 Å². The van der Waals surface area contributed by atoms with Gasteiger partial charge in [0.2, 0.25) is 0 Å². The van der Waals surface area contributed by atoms with Gasteiger partial charge in [0.1, 0.15) is 28.4 Å². The first-order valence-electron chi connectivity index (χ1n) is 9.11. The Morgan fingerprint density at radius 2 is 2.09 bits per heavy atom. The highest BCUT2D eigenvalue weighted by Crippen LogP contribution is 2.42. The zero-order valence-corrected chi connectivity index (χ0v) is 18.5. The molecule has 2 aromatic rings. The molecule has 0 spiro atoms. The van der Waals surface area contributed by atoms with Crippen molar-refractivity contribution >= 4 is 52.6 Å². The molecule has 2 aliphatic heterocycles. The maximum absolute atomic E-state index is 12.7.